The quantitative estimate of drug-likeness (QED) is 0.592. The van der Waals surface area contributed by atoms with Crippen molar-refractivity contribution in [3.8, 4) is 11.5 Å². The molecule has 0 spiro atoms. The third-order valence-corrected chi connectivity index (χ3v) is 3.06. The number of pyridine rings is 1. The Morgan fingerprint density at radius 2 is 2.14 bits per heavy atom. The molecule has 108 valence electrons. The number of hydrogen-bond acceptors (Lipinski definition) is 5. The van der Waals surface area contributed by atoms with Crippen molar-refractivity contribution in [1.82, 2.24) is 10.4 Å². The van der Waals surface area contributed by atoms with Crippen molar-refractivity contribution in [2.45, 2.75) is 13.8 Å². The van der Waals surface area contributed by atoms with Crippen LogP contribution in [0, 0.1) is 13.8 Å². The van der Waals surface area contributed by atoms with Crippen molar-refractivity contribution in [2.75, 3.05) is 0 Å². The van der Waals surface area contributed by atoms with Crippen LogP contribution in [-0.2, 0) is 0 Å². The SMILES string of the molecule is Cc1cc(O)c(C)c(O)c1C=NNC(=O)c1cccnc1. The van der Waals surface area contributed by atoms with Crippen LogP contribution in [-0.4, -0.2) is 27.3 Å². The summed E-state index contributed by atoms with van der Waals surface area (Å²) in [6.45, 7) is 3.32. The number of phenols is 2. The van der Waals surface area contributed by atoms with Crippen molar-refractivity contribution in [3.63, 3.8) is 0 Å². The lowest BCUT2D eigenvalue weighted by molar-refractivity contribution is 0.0954. The molecule has 0 aliphatic heterocycles. The second-order valence-corrected chi connectivity index (χ2v) is 4.54. The van der Waals surface area contributed by atoms with E-state index in [1.54, 1.807) is 32.2 Å². The van der Waals surface area contributed by atoms with Crippen LogP contribution in [0.4, 0.5) is 0 Å². The van der Waals surface area contributed by atoms with E-state index in [9.17, 15) is 15.0 Å². The molecule has 0 fully saturated rings. The molecule has 0 unspecified atom stereocenters. The Labute approximate surface area is 121 Å². The van der Waals surface area contributed by atoms with E-state index in [1.807, 2.05) is 0 Å². The summed E-state index contributed by atoms with van der Waals surface area (Å²) in [5.74, 6) is -0.444. The van der Waals surface area contributed by atoms with E-state index in [2.05, 4.69) is 15.5 Å². The standard InChI is InChI=1S/C15H15N3O3/c1-9-6-13(19)10(2)14(20)12(9)8-17-18-15(21)11-4-3-5-16-7-11/h3-8,19-20H,1-2H3,(H,18,21). The van der Waals surface area contributed by atoms with Crippen LogP contribution >= 0.6 is 0 Å². The first-order chi connectivity index (χ1) is 10.0. The van der Waals surface area contributed by atoms with Crippen LogP contribution in [0.2, 0.25) is 0 Å². The van der Waals surface area contributed by atoms with Gasteiger partial charge in [0.05, 0.1) is 11.8 Å². The van der Waals surface area contributed by atoms with Crippen molar-refractivity contribution in [1.29, 1.82) is 0 Å². The van der Waals surface area contributed by atoms with Gasteiger partial charge in [0.1, 0.15) is 11.5 Å². The molecular weight excluding hydrogens is 270 g/mol. The first-order valence-electron chi connectivity index (χ1n) is 6.26. The van der Waals surface area contributed by atoms with Gasteiger partial charge in [-0.05, 0) is 37.6 Å². The summed E-state index contributed by atoms with van der Waals surface area (Å²) in [4.78, 5) is 15.6. The molecule has 21 heavy (non-hydrogen) atoms. The average molecular weight is 285 g/mol. The number of phenolic OH excluding ortho intramolecular Hbond substituents is 2. The summed E-state index contributed by atoms with van der Waals surface area (Å²) < 4.78 is 0. The number of nitrogens with zero attached hydrogens (tertiary/aromatic N) is 2. The largest absolute Gasteiger partial charge is 0.508 e. The minimum absolute atomic E-state index is 0.0153. The number of benzene rings is 1. The topological polar surface area (TPSA) is 94.8 Å². The third-order valence-electron chi connectivity index (χ3n) is 3.06. The maximum Gasteiger partial charge on any atom is 0.272 e. The van der Waals surface area contributed by atoms with Gasteiger partial charge in [-0.1, -0.05) is 0 Å². The molecule has 0 aliphatic carbocycles. The molecule has 2 aromatic rings. The highest BCUT2D eigenvalue weighted by molar-refractivity contribution is 5.95. The molecule has 0 atom stereocenters. The minimum atomic E-state index is -0.396. The molecule has 2 rings (SSSR count). The number of aromatic nitrogens is 1. The molecule has 0 radical (unpaired) electrons. The molecule has 1 aromatic carbocycles. The lowest BCUT2D eigenvalue weighted by Crippen LogP contribution is -2.17. The van der Waals surface area contributed by atoms with E-state index in [4.69, 9.17) is 0 Å². The maximum atomic E-state index is 11.8. The molecule has 6 nitrogen and oxygen atoms in total. The van der Waals surface area contributed by atoms with Crippen LogP contribution in [0.1, 0.15) is 27.0 Å². The third kappa shape index (κ3) is 3.17. The van der Waals surface area contributed by atoms with E-state index in [1.165, 1.54) is 18.5 Å². The highest BCUT2D eigenvalue weighted by Crippen LogP contribution is 2.31. The van der Waals surface area contributed by atoms with Gasteiger partial charge in [0.25, 0.3) is 5.91 Å². The lowest BCUT2D eigenvalue weighted by Gasteiger charge is -2.08. The smallest absolute Gasteiger partial charge is 0.272 e. The van der Waals surface area contributed by atoms with Crippen LogP contribution in [0.3, 0.4) is 0 Å². The monoisotopic (exact) mass is 285 g/mol. The average Bonchev–Trinajstić information content (AvgIpc) is 2.49. The molecule has 3 N–H and O–H groups in total. The Balaban J connectivity index is 2.16. The van der Waals surface area contributed by atoms with Gasteiger partial charge in [0.15, 0.2) is 0 Å². The highest BCUT2D eigenvalue weighted by atomic mass is 16.3. The van der Waals surface area contributed by atoms with Gasteiger partial charge in [0, 0.05) is 23.5 Å². The van der Waals surface area contributed by atoms with Crippen molar-refractivity contribution >= 4 is 12.1 Å². The van der Waals surface area contributed by atoms with Gasteiger partial charge in [0.2, 0.25) is 0 Å². The second kappa shape index (κ2) is 6.04. The predicted octanol–water partition coefficient (Wildman–Crippen LogP) is 1.87. The summed E-state index contributed by atoms with van der Waals surface area (Å²) in [5.41, 5.74) is 4.19. The summed E-state index contributed by atoms with van der Waals surface area (Å²) in [5, 5.41) is 23.4. The fourth-order valence-electron chi connectivity index (χ4n) is 1.78. The summed E-state index contributed by atoms with van der Waals surface area (Å²) >= 11 is 0. The number of carbonyl (C=O) groups excluding carboxylic acids is 1. The Morgan fingerprint density at radius 1 is 1.38 bits per heavy atom. The van der Waals surface area contributed by atoms with Gasteiger partial charge in [-0.3, -0.25) is 9.78 Å². The highest BCUT2D eigenvalue weighted by Gasteiger charge is 2.10. The number of aryl methyl sites for hydroxylation is 1. The van der Waals surface area contributed by atoms with Crippen molar-refractivity contribution < 1.29 is 15.0 Å². The van der Waals surface area contributed by atoms with Gasteiger partial charge >= 0.3 is 0 Å². The molecule has 6 heteroatoms. The number of aromatic hydroxyl groups is 2. The summed E-state index contributed by atoms with van der Waals surface area (Å²) in [6, 6.07) is 4.79. The molecule has 0 saturated heterocycles. The Hall–Kier alpha value is -2.89. The molecule has 0 bridgehead atoms. The fourth-order valence-corrected chi connectivity index (χ4v) is 1.78. The number of carbonyl (C=O) groups is 1. The zero-order valence-electron chi connectivity index (χ0n) is 11.7. The number of hydrazone groups is 1. The predicted molar refractivity (Wildman–Crippen MR) is 78.5 cm³/mol. The second-order valence-electron chi connectivity index (χ2n) is 4.54. The van der Waals surface area contributed by atoms with E-state index in [-0.39, 0.29) is 11.5 Å². The first kappa shape index (κ1) is 14.5. The van der Waals surface area contributed by atoms with Crippen LogP contribution in [0.25, 0.3) is 0 Å². The lowest BCUT2D eigenvalue weighted by atomic mass is 10.0. The Kier molecular flexibility index (Phi) is 4.18. The zero-order chi connectivity index (χ0) is 15.4. The van der Waals surface area contributed by atoms with Crippen LogP contribution < -0.4 is 5.43 Å². The zero-order valence-corrected chi connectivity index (χ0v) is 11.7. The van der Waals surface area contributed by atoms with Gasteiger partial charge in [-0.2, -0.15) is 5.10 Å². The number of nitrogens with one attached hydrogen (secondary N) is 1. The number of hydrogen-bond donors (Lipinski definition) is 3. The van der Waals surface area contributed by atoms with E-state index in [0.717, 1.165) is 0 Å². The maximum absolute atomic E-state index is 11.8. The number of amides is 1. The van der Waals surface area contributed by atoms with Gasteiger partial charge in [-0.25, -0.2) is 5.43 Å². The molecule has 1 aromatic heterocycles. The molecular formula is C15H15N3O3. The van der Waals surface area contributed by atoms with E-state index < -0.39 is 5.91 Å². The normalized spacial score (nSPS) is 10.8. The summed E-state index contributed by atoms with van der Waals surface area (Å²) in [6.07, 6.45) is 4.34. The molecule has 1 amide bonds. The minimum Gasteiger partial charge on any atom is -0.508 e. The van der Waals surface area contributed by atoms with Gasteiger partial charge < -0.3 is 10.2 Å². The summed E-state index contributed by atoms with van der Waals surface area (Å²) in [7, 11) is 0. The van der Waals surface area contributed by atoms with Crippen LogP contribution in [0.15, 0.2) is 35.7 Å². The molecule has 0 saturated carbocycles. The first-order valence-corrected chi connectivity index (χ1v) is 6.26. The fraction of sp³-hybridized carbons (Fsp3) is 0.133. The molecule has 1 heterocycles. The van der Waals surface area contributed by atoms with E-state index in [0.29, 0.717) is 22.3 Å². The van der Waals surface area contributed by atoms with Gasteiger partial charge in [-0.15, -0.1) is 0 Å². The number of rotatable bonds is 3. The van der Waals surface area contributed by atoms with Crippen LogP contribution in [0.5, 0.6) is 11.5 Å². The van der Waals surface area contributed by atoms with Crippen molar-refractivity contribution in [3.05, 3.63) is 52.8 Å². The van der Waals surface area contributed by atoms with E-state index >= 15 is 0 Å². The Morgan fingerprint density at radius 3 is 2.81 bits per heavy atom. The Bertz CT molecular complexity index is 697. The molecule has 0 aliphatic rings. The van der Waals surface area contributed by atoms with Crippen molar-refractivity contribution in [2.24, 2.45) is 5.10 Å².